The van der Waals surface area contributed by atoms with Crippen LogP contribution in [-0.2, 0) is 9.63 Å². The summed E-state index contributed by atoms with van der Waals surface area (Å²) in [5.74, 6) is -1.30. The zero-order valence-corrected chi connectivity index (χ0v) is 22.3. The van der Waals surface area contributed by atoms with Crippen LogP contribution in [0.4, 0.5) is 5.13 Å². The summed E-state index contributed by atoms with van der Waals surface area (Å²) >= 11 is 8.61. The molecule has 0 atom stereocenters. The van der Waals surface area contributed by atoms with Gasteiger partial charge in [-0.2, -0.15) is 4.99 Å². The van der Waals surface area contributed by atoms with E-state index < -0.39 is 11.8 Å². The minimum atomic E-state index is -0.548. The maximum absolute atomic E-state index is 13.4. The Balaban J connectivity index is 1.26. The van der Waals surface area contributed by atoms with Gasteiger partial charge in [-0.1, -0.05) is 47.2 Å². The number of amidine groups is 1. The van der Waals surface area contributed by atoms with Crippen molar-refractivity contribution in [1.82, 2.24) is 14.9 Å². The highest BCUT2D eigenvalue weighted by atomic mass is 35.5. The Morgan fingerprint density at radius 3 is 2.41 bits per heavy atom. The number of fused-ring (bicyclic) bond motifs is 2. The van der Waals surface area contributed by atoms with Gasteiger partial charge in [-0.3, -0.25) is 24.1 Å². The number of thiazole rings is 1. The number of thioether (sulfide) groups is 1. The Kier molecular flexibility index (Phi) is 6.65. The van der Waals surface area contributed by atoms with E-state index in [1.54, 1.807) is 60.7 Å². The van der Waals surface area contributed by atoms with Crippen LogP contribution in [0.5, 0.6) is 5.75 Å². The smallest absolute Gasteiger partial charge is 0.285 e. The van der Waals surface area contributed by atoms with Crippen molar-refractivity contribution in [1.29, 1.82) is 0 Å². The SMILES string of the molecule is O=C1c2ccccc2C(=O)N1OCCN1C(=O)/C(=C/c2ccc(O)cc2)S/C1=N/c1nc2ccc(Cl)cc2s1. The Bertz CT molecular complexity index is 1680. The monoisotopic (exact) mass is 576 g/mol. The lowest BCUT2D eigenvalue weighted by Gasteiger charge is -2.18. The molecule has 3 aromatic carbocycles. The number of hydrogen-bond donors (Lipinski definition) is 1. The summed E-state index contributed by atoms with van der Waals surface area (Å²) in [6, 6.07) is 18.3. The summed E-state index contributed by atoms with van der Waals surface area (Å²) in [7, 11) is 0. The van der Waals surface area contributed by atoms with Crippen molar-refractivity contribution in [2.24, 2.45) is 4.99 Å². The summed E-state index contributed by atoms with van der Waals surface area (Å²) < 4.78 is 0.858. The van der Waals surface area contributed by atoms with Crippen LogP contribution in [-0.4, -0.2) is 56.1 Å². The van der Waals surface area contributed by atoms with Crippen LogP contribution in [0.25, 0.3) is 16.3 Å². The Hall–Kier alpha value is -4.03. The van der Waals surface area contributed by atoms with E-state index in [9.17, 15) is 19.5 Å². The van der Waals surface area contributed by atoms with Crippen LogP contribution in [0, 0.1) is 0 Å². The summed E-state index contributed by atoms with van der Waals surface area (Å²) in [6.07, 6.45) is 1.70. The van der Waals surface area contributed by atoms with Gasteiger partial charge in [-0.25, -0.2) is 4.98 Å². The van der Waals surface area contributed by atoms with Crippen molar-refractivity contribution < 1.29 is 24.3 Å². The number of carbonyl (C=O) groups excluding carboxylic acids is 3. The minimum Gasteiger partial charge on any atom is -0.508 e. The molecule has 12 heteroatoms. The number of benzene rings is 3. The van der Waals surface area contributed by atoms with Crippen LogP contribution in [0.1, 0.15) is 26.3 Å². The third-order valence-electron chi connectivity index (χ3n) is 5.90. The molecule has 1 fully saturated rings. The molecule has 39 heavy (non-hydrogen) atoms. The van der Waals surface area contributed by atoms with Gasteiger partial charge in [-0.05, 0) is 65.9 Å². The summed E-state index contributed by atoms with van der Waals surface area (Å²) in [4.78, 5) is 55.2. The van der Waals surface area contributed by atoms with Crippen LogP contribution < -0.4 is 0 Å². The van der Waals surface area contributed by atoms with Gasteiger partial charge in [0.2, 0.25) is 5.13 Å². The first kappa shape index (κ1) is 25.3. The highest BCUT2D eigenvalue weighted by Gasteiger charge is 2.38. The van der Waals surface area contributed by atoms with E-state index in [1.165, 1.54) is 40.1 Å². The quantitative estimate of drug-likeness (QED) is 0.239. The lowest BCUT2D eigenvalue weighted by atomic mass is 10.1. The molecule has 2 aliphatic heterocycles. The van der Waals surface area contributed by atoms with Crippen molar-refractivity contribution in [3.05, 3.63) is 93.3 Å². The first-order valence-corrected chi connectivity index (χ1v) is 13.6. The molecule has 0 saturated carbocycles. The van der Waals surface area contributed by atoms with Crippen LogP contribution in [0.3, 0.4) is 0 Å². The van der Waals surface area contributed by atoms with Crippen molar-refractivity contribution in [3.63, 3.8) is 0 Å². The van der Waals surface area contributed by atoms with E-state index in [0.717, 1.165) is 20.8 Å². The van der Waals surface area contributed by atoms with E-state index in [1.807, 2.05) is 0 Å². The van der Waals surface area contributed by atoms with Gasteiger partial charge in [0.25, 0.3) is 17.7 Å². The van der Waals surface area contributed by atoms with E-state index in [2.05, 4.69) is 9.98 Å². The molecule has 0 aliphatic carbocycles. The summed E-state index contributed by atoms with van der Waals surface area (Å²) in [5, 5.41) is 11.7. The number of aromatic nitrogens is 1. The molecule has 1 N–H and O–H groups in total. The average molecular weight is 577 g/mol. The lowest BCUT2D eigenvalue weighted by molar-refractivity contribution is -0.125. The number of hydrogen-bond acceptors (Lipinski definition) is 9. The van der Waals surface area contributed by atoms with Crippen LogP contribution in [0.2, 0.25) is 5.02 Å². The van der Waals surface area contributed by atoms with E-state index >= 15 is 0 Å². The molecule has 9 nitrogen and oxygen atoms in total. The standard InChI is InChI=1S/C27H17ClN4O5S2/c28-16-7-10-20-21(14-16)38-26(29-20)30-27-31(25(36)22(39-27)13-15-5-8-17(33)9-6-15)11-12-37-32-23(34)18-3-1-2-4-19(18)24(32)35/h1-10,13-14,33H,11-12H2/b22-13-,30-27+. The maximum Gasteiger partial charge on any atom is 0.285 e. The molecular formula is C27H17ClN4O5S2. The van der Waals surface area contributed by atoms with E-state index in [-0.39, 0.29) is 35.9 Å². The highest BCUT2D eigenvalue weighted by Crippen LogP contribution is 2.37. The van der Waals surface area contributed by atoms with Crippen molar-refractivity contribution in [3.8, 4) is 5.75 Å². The number of imide groups is 1. The second kappa shape index (κ2) is 10.3. The van der Waals surface area contributed by atoms with E-state index in [0.29, 0.717) is 20.2 Å². The fraction of sp³-hybridized carbons (Fsp3) is 0.0741. The molecule has 1 saturated heterocycles. The molecule has 4 aromatic rings. The molecule has 0 bridgehead atoms. The first-order valence-electron chi connectivity index (χ1n) is 11.6. The van der Waals surface area contributed by atoms with Gasteiger partial charge < -0.3 is 5.11 Å². The van der Waals surface area contributed by atoms with Gasteiger partial charge >= 0.3 is 0 Å². The summed E-state index contributed by atoms with van der Waals surface area (Å²) in [6.45, 7) is -0.0968. The van der Waals surface area contributed by atoms with E-state index in [4.69, 9.17) is 16.4 Å². The lowest BCUT2D eigenvalue weighted by Crippen LogP contribution is -2.36. The molecule has 6 rings (SSSR count). The molecule has 3 heterocycles. The number of rotatable bonds is 6. The van der Waals surface area contributed by atoms with Gasteiger partial charge in [0.1, 0.15) is 5.75 Å². The second-order valence-electron chi connectivity index (χ2n) is 8.45. The topological polar surface area (TPSA) is 112 Å². The van der Waals surface area contributed by atoms with Crippen molar-refractivity contribution in [2.75, 3.05) is 13.2 Å². The predicted octanol–water partition coefficient (Wildman–Crippen LogP) is 5.49. The van der Waals surface area contributed by atoms with Crippen LogP contribution >= 0.6 is 34.7 Å². The molecular weight excluding hydrogens is 560 g/mol. The molecule has 1 aromatic heterocycles. The first-order chi connectivity index (χ1) is 18.9. The number of aliphatic imine (C=N–C) groups is 1. The fourth-order valence-corrected chi connectivity index (χ4v) is 6.21. The molecule has 3 amide bonds. The van der Waals surface area contributed by atoms with Crippen molar-refractivity contribution >= 4 is 79.0 Å². The Labute approximate surface area is 234 Å². The summed E-state index contributed by atoms with van der Waals surface area (Å²) in [5.41, 5.74) is 2.00. The molecule has 0 unspecified atom stereocenters. The largest absolute Gasteiger partial charge is 0.508 e. The number of aromatic hydroxyl groups is 1. The number of carbonyl (C=O) groups is 3. The Morgan fingerprint density at radius 2 is 1.69 bits per heavy atom. The van der Waals surface area contributed by atoms with Gasteiger partial charge in [0.15, 0.2) is 5.17 Å². The maximum atomic E-state index is 13.4. The molecule has 0 radical (unpaired) electrons. The van der Waals surface area contributed by atoms with Crippen LogP contribution in [0.15, 0.2) is 76.6 Å². The molecule has 2 aliphatic rings. The second-order valence-corrected chi connectivity index (χ2v) is 10.9. The number of amides is 3. The number of hydroxylamine groups is 2. The number of phenols is 1. The zero-order chi connectivity index (χ0) is 27.1. The van der Waals surface area contributed by atoms with Gasteiger partial charge in [0.05, 0.1) is 39.4 Å². The Morgan fingerprint density at radius 1 is 0.974 bits per heavy atom. The fourth-order valence-electron chi connectivity index (χ4n) is 4.03. The minimum absolute atomic E-state index is 0.0295. The van der Waals surface area contributed by atoms with Gasteiger partial charge in [0, 0.05) is 5.02 Å². The third-order valence-corrected chi connectivity index (χ3v) is 8.06. The predicted molar refractivity (Wildman–Crippen MR) is 150 cm³/mol. The highest BCUT2D eigenvalue weighted by molar-refractivity contribution is 8.18. The number of halogens is 1. The molecule has 194 valence electrons. The van der Waals surface area contributed by atoms with Crippen molar-refractivity contribution in [2.45, 2.75) is 0 Å². The zero-order valence-electron chi connectivity index (χ0n) is 19.9. The average Bonchev–Trinajstić information content (AvgIpc) is 3.54. The normalized spacial score (nSPS) is 17.3. The number of phenolic OH excluding ortho intramolecular Hbond substituents is 1. The molecule has 0 spiro atoms. The third kappa shape index (κ3) is 4.92. The van der Waals surface area contributed by atoms with Gasteiger partial charge in [-0.15, -0.1) is 5.06 Å². The number of nitrogens with zero attached hydrogens (tertiary/aromatic N) is 4.